The average Bonchev–Trinajstić information content (AvgIpc) is 3.30. The molecule has 0 aliphatic carbocycles. The summed E-state index contributed by atoms with van der Waals surface area (Å²) in [4.78, 5) is 37.1. The first kappa shape index (κ1) is 63.5. The highest BCUT2D eigenvalue weighted by Gasteiger charge is 2.25. The van der Waals surface area contributed by atoms with E-state index in [1.54, 1.807) is 21.1 Å². The smallest absolute Gasteiger partial charge is 0.306 e. The molecule has 0 aromatic rings. The van der Waals surface area contributed by atoms with Gasteiger partial charge in [-0.15, -0.1) is 0 Å². The third-order valence-corrected chi connectivity index (χ3v) is 10.8. The number of carbonyl (C=O) groups excluding carboxylic acids is 3. The molecule has 0 radical (unpaired) electrons. The summed E-state index contributed by atoms with van der Waals surface area (Å²) in [5, 5.41) is 11.7. The van der Waals surface area contributed by atoms with Crippen LogP contribution in [-0.2, 0) is 28.6 Å². The molecule has 2 unspecified atom stereocenters. The van der Waals surface area contributed by atoms with Crippen molar-refractivity contribution in [1.29, 1.82) is 0 Å². The van der Waals surface area contributed by atoms with Crippen molar-refractivity contribution in [2.24, 2.45) is 0 Å². The van der Waals surface area contributed by atoms with Gasteiger partial charge < -0.3 is 28.6 Å². The number of carboxylic acids is 1. The van der Waals surface area contributed by atoms with Gasteiger partial charge in [0.2, 0.25) is 0 Å². The number of quaternary nitrogens is 1. The molecule has 8 heteroatoms. The molecule has 0 bridgehead atoms. The van der Waals surface area contributed by atoms with Crippen molar-refractivity contribution < 1.29 is 38.2 Å². The predicted molar refractivity (Wildman–Crippen MR) is 286 cm³/mol. The second-order valence-corrected chi connectivity index (χ2v) is 18.0. The van der Waals surface area contributed by atoms with Gasteiger partial charge in [0.1, 0.15) is 12.6 Å². The van der Waals surface area contributed by atoms with Crippen LogP contribution >= 0.6 is 0 Å². The van der Waals surface area contributed by atoms with E-state index in [1.807, 2.05) is 0 Å². The zero-order valence-electron chi connectivity index (χ0n) is 43.5. The minimum atomic E-state index is -1.14. The molecule has 8 nitrogen and oxygen atoms in total. The third-order valence-electron chi connectivity index (χ3n) is 10.8. The standard InChI is InChI=1S/C60H95NO7/c1-6-8-10-12-14-16-18-20-22-24-26-28-29-31-32-34-36-38-40-42-44-46-48-50-58(62)67-55-56(54-66-53-52-57(60(64)65)61(3,4)5)68-59(63)51-49-47-45-43-41-39-37-35-33-30-27-25-23-21-19-17-15-13-11-9-7-2/h8-11,14-17,20-23,26-28,30-32,35,37,41,43,56-57H,6-7,12-13,18-19,24-25,29,33-34,36,38-40,42,44-55H2,1-5H3/b10-8+,11-9+,16-14+,17-15+,22-20+,23-21+,28-26+,30-27+,32-31+,37-35+,43-41+. The van der Waals surface area contributed by atoms with Gasteiger partial charge in [0.05, 0.1) is 40.3 Å². The van der Waals surface area contributed by atoms with E-state index in [9.17, 15) is 19.5 Å². The van der Waals surface area contributed by atoms with Crippen LogP contribution in [0.15, 0.2) is 134 Å². The molecule has 0 fully saturated rings. The number of nitrogens with zero attached hydrogens (tertiary/aromatic N) is 1. The summed E-state index contributed by atoms with van der Waals surface area (Å²) >= 11 is 0. The van der Waals surface area contributed by atoms with Crippen LogP contribution in [0.1, 0.15) is 174 Å². The number of carboxylic acid groups (broad SMARTS) is 1. The van der Waals surface area contributed by atoms with Crippen LogP contribution in [0.2, 0.25) is 0 Å². The fourth-order valence-electron chi connectivity index (χ4n) is 6.81. The summed E-state index contributed by atoms with van der Waals surface area (Å²) in [6, 6.07) is -0.746. The number of esters is 2. The molecule has 0 aliphatic rings. The first-order valence-corrected chi connectivity index (χ1v) is 26.2. The normalized spacial score (nSPS) is 14.0. The van der Waals surface area contributed by atoms with E-state index in [0.717, 1.165) is 116 Å². The second-order valence-electron chi connectivity index (χ2n) is 18.0. The third kappa shape index (κ3) is 46.6. The van der Waals surface area contributed by atoms with Crippen LogP contribution < -0.4 is 5.11 Å². The van der Waals surface area contributed by atoms with Gasteiger partial charge in [0, 0.05) is 19.3 Å². The molecular formula is C60H95NO7. The van der Waals surface area contributed by atoms with E-state index >= 15 is 0 Å². The first-order chi connectivity index (χ1) is 33.1. The lowest BCUT2D eigenvalue weighted by molar-refractivity contribution is -0.889. The quantitative estimate of drug-likeness (QED) is 0.0259. The maximum absolute atomic E-state index is 12.8. The summed E-state index contributed by atoms with van der Waals surface area (Å²) < 4.78 is 17.2. The number of unbranched alkanes of at least 4 members (excludes halogenated alkanes) is 9. The lowest BCUT2D eigenvalue weighted by Gasteiger charge is -2.34. The molecule has 0 aromatic carbocycles. The maximum Gasteiger partial charge on any atom is 0.306 e. The van der Waals surface area contributed by atoms with Crippen LogP contribution in [-0.4, -0.2) is 75.5 Å². The van der Waals surface area contributed by atoms with Crippen LogP contribution in [0.3, 0.4) is 0 Å². The number of rotatable bonds is 45. The Morgan fingerprint density at radius 1 is 0.441 bits per heavy atom. The number of hydrogen-bond donors (Lipinski definition) is 0. The Labute approximate surface area is 415 Å². The number of hydrogen-bond acceptors (Lipinski definition) is 7. The van der Waals surface area contributed by atoms with Gasteiger partial charge in [-0.25, -0.2) is 0 Å². The van der Waals surface area contributed by atoms with Crippen LogP contribution in [0.5, 0.6) is 0 Å². The lowest BCUT2D eigenvalue weighted by atomic mass is 10.1. The fourth-order valence-corrected chi connectivity index (χ4v) is 6.81. The topological polar surface area (TPSA) is 102 Å². The fraction of sp³-hybridized carbons (Fsp3) is 0.583. The number of likely N-dealkylation sites (N-methyl/N-ethyl adjacent to an activating group) is 1. The number of ether oxygens (including phenoxy) is 3. The van der Waals surface area contributed by atoms with Crippen LogP contribution in [0.25, 0.3) is 0 Å². The summed E-state index contributed by atoms with van der Waals surface area (Å²) in [5.74, 6) is -1.82. The zero-order valence-corrected chi connectivity index (χ0v) is 43.5. The molecule has 382 valence electrons. The molecule has 0 heterocycles. The summed E-state index contributed by atoms with van der Waals surface area (Å²) in [6.45, 7) is 4.36. The van der Waals surface area contributed by atoms with Crippen molar-refractivity contribution in [2.75, 3.05) is 41.0 Å². The van der Waals surface area contributed by atoms with Crippen LogP contribution in [0, 0.1) is 0 Å². The largest absolute Gasteiger partial charge is 0.544 e. The van der Waals surface area contributed by atoms with Crippen molar-refractivity contribution in [3.8, 4) is 0 Å². The van der Waals surface area contributed by atoms with Crippen molar-refractivity contribution in [2.45, 2.75) is 187 Å². The first-order valence-electron chi connectivity index (χ1n) is 26.2. The average molecular weight is 942 g/mol. The highest BCUT2D eigenvalue weighted by Crippen LogP contribution is 2.13. The minimum Gasteiger partial charge on any atom is -0.544 e. The second kappa shape index (κ2) is 48.9. The van der Waals surface area contributed by atoms with E-state index in [-0.39, 0.29) is 49.1 Å². The highest BCUT2D eigenvalue weighted by atomic mass is 16.6. The van der Waals surface area contributed by atoms with Crippen LogP contribution in [0.4, 0.5) is 0 Å². The Hall–Kier alpha value is -4.53. The number of allylic oxidation sites excluding steroid dienone is 22. The van der Waals surface area contributed by atoms with Gasteiger partial charge >= 0.3 is 11.9 Å². The predicted octanol–water partition coefficient (Wildman–Crippen LogP) is 14.2. The van der Waals surface area contributed by atoms with E-state index in [2.05, 4.69) is 148 Å². The number of carbonyl (C=O) groups is 3. The van der Waals surface area contributed by atoms with Gasteiger partial charge in [-0.3, -0.25) is 9.59 Å². The Bertz CT molecular complexity index is 1570. The molecule has 0 aliphatic heterocycles. The Balaban J connectivity index is 4.37. The Morgan fingerprint density at radius 3 is 1.18 bits per heavy atom. The Kier molecular flexibility index (Phi) is 45.7. The van der Waals surface area contributed by atoms with E-state index in [1.165, 1.54) is 19.3 Å². The molecule has 0 spiro atoms. The SMILES string of the molecule is CC/C=C/C/C=C/C/C=C/C/C=C/C/C=C/C/C=C/CCCCC(=O)OC(COCCC(C(=O)[O-])[N+](C)(C)C)COC(=O)CCCCCCCCC/C=C/C/C=C/C/C=C/C/C=C/C/C=C/CC. The molecule has 0 saturated heterocycles. The molecule has 0 N–H and O–H groups in total. The maximum atomic E-state index is 12.8. The van der Waals surface area contributed by atoms with E-state index in [4.69, 9.17) is 14.2 Å². The van der Waals surface area contributed by atoms with E-state index < -0.39 is 18.1 Å². The molecular weight excluding hydrogens is 847 g/mol. The molecule has 0 amide bonds. The van der Waals surface area contributed by atoms with Crippen molar-refractivity contribution >= 4 is 17.9 Å². The van der Waals surface area contributed by atoms with E-state index in [0.29, 0.717) is 12.8 Å². The molecule has 68 heavy (non-hydrogen) atoms. The molecule has 2 atom stereocenters. The van der Waals surface area contributed by atoms with Gasteiger partial charge in [-0.1, -0.05) is 180 Å². The molecule has 0 rings (SSSR count). The van der Waals surface area contributed by atoms with Crippen molar-refractivity contribution in [3.05, 3.63) is 134 Å². The van der Waals surface area contributed by atoms with Gasteiger partial charge in [-0.05, 0) is 109 Å². The summed E-state index contributed by atoms with van der Waals surface area (Å²) in [6.07, 6.45) is 70.6. The van der Waals surface area contributed by atoms with Gasteiger partial charge in [0.25, 0.3) is 0 Å². The zero-order chi connectivity index (χ0) is 49.9. The summed E-state index contributed by atoms with van der Waals surface area (Å²) in [7, 11) is 5.38. The minimum absolute atomic E-state index is 0.00947. The molecule has 0 saturated carbocycles. The van der Waals surface area contributed by atoms with Crippen molar-refractivity contribution in [3.63, 3.8) is 0 Å². The van der Waals surface area contributed by atoms with Gasteiger partial charge in [-0.2, -0.15) is 0 Å². The number of aliphatic carboxylic acids is 1. The Morgan fingerprint density at radius 2 is 0.779 bits per heavy atom. The highest BCUT2D eigenvalue weighted by molar-refractivity contribution is 5.70. The van der Waals surface area contributed by atoms with Crippen molar-refractivity contribution in [1.82, 2.24) is 0 Å². The lowest BCUT2D eigenvalue weighted by Crippen LogP contribution is -2.55. The molecule has 0 aromatic heterocycles. The monoisotopic (exact) mass is 942 g/mol. The summed E-state index contributed by atoms with van der Waals surface area (Å²) in [5.41, 5.74) is 0. The van der Waals surface area contributed by atoms with Gasteiger partial charge in [0.15, 0.2) is 6.10 Å².